The molecule has 0 spiro atoms. The highest BCUT2D eigenvalue weighted by molar-refractivity contribution is 9.10. The molecule has 0 aliphatic carbocycles. The zero-order valence-corrected chi connectivity index (χ0v) is 12.9. The summed E-state index contributed by atoms with van der Waals surface area (Å²) in [5, 5.41) is 7.60. The molecule has 1 aromatic heterocycles. The van der Waals surface area contributed by atoms with Crippen LogP contribution in [0, 0.1) is 0 Å². The Morgan fingerprint density at radius 3 is 2.53 bits per heavy atom. The summed E-state index contributed by atoms with van der Waals surface area (Å²) in [6.45, 7) is 0. The molecule has 1 unspecified atom stereocenters. The van der Waals surface area contributed by atoms with Crippen LogP contribution in [-0.2, 0) is 13.5 Å². The highest BCUT2D eigenvalue weighted by Gasteiger charge is 2.17. The first-order valence-electron chi connectivity index (χ1n) is 6.13. The van der Waals surface area contributed by atoms with E-state index in [1.165, 1.54) is 5.56 Å². The summed E-state index contributed by atoms with van der Waals surface area (Å²) in [5.74, 6) is 0.881. The standard InChI is InChI=1S/C14H18BrN3O/c1-16-13(14-12(15)9-17-18(14)2)8-10-4-6-11(19-3)7-5-10/h4-7,9,13,16H,8H2,1-3H3. The van der Waals surface area contributed by atoms with Gasteiger partial charge in [-0.3, -0.25) is 4.68 Å². The van der Waals surface area contributed by atoms with Crippen LogP contribution < -0.4 is 10.1 Å². The summed E-state index contributed by atoms with van der Waals surface area (Å²) >= 11 is 3.55. The van der Waals surface area contributed by atoms with Crippen LogP contribution in [0.2, 0.25) is 0 Å². The fourth-order valence-electron chi connectivity index (χ4n) is 2.14. The number of hydrogen-bond acceptors (Lipinski definition) is 3. The van der Waals surface area contributed by atoms with Gasteiger partial charge in [-0.2, -0.15) is 5.10 Å². The summed E-state index contributed by atoms with van der Waals surface area (Å²) in [4.78, 5) is 0. The Balaban J connectivity index is 2.19. The molecule has 2 aromatic rings. The quantitative estimate of drug-likeness (QED) is 0.919. The zero-order valence-electron chi connectivity index (χ0n) is 11.4. The molecule has 2 rings (SSSR count). The van der Waals surface area contributed by atoms with Gasteiger partial charge < -0.3 is 10.1 Å². The molecule has 0 bridgehead atoms. The third-order valence-corrected chi connectivity index (χ3v) is 3.83. The predicted octanol–water partition coefficient (Wildman–Crippen LogP) is 2.69. The summed E-state index contributed by atoms with van der Waals surface area (Å²) in [5.41, 5.74) is 2.41. The van der Waals surface area contributed by atoms with Gasteiger partial charge in [0.25, 0.3) is 0 Å². The van der Waals surface area contributed by atoms with Crippen molar-refractivity contribution in [3.8, 4) is 5.75 Å². The molecule has 0 saturated heterocycles. The number of benzene rings is 1. The second-order valence-electron chi connectivity index (χ2n) is 4.39. The molecule has 1 heterocycles. The smallest absolute Gasteiger partial charge is 0.118 e. The number of nitrogens with zero attached hydrogens (tertiary/aromatic N) is 2. The Bertz CT molecular complexity index is 517. The Morgan fingerprint density at radius 2 is 2.05 bits per heavy atom. The van der Waals surface area contributed by atoms with Gasteiger partial charge in [-0.1, -0.05) is 12.1 Å². The normalized spacial score (nSPS) is 12.4. The first-order valence-corrected chi connectivity index (χ1v) is 6.92. The topological polar surface area (TPSA) is 39.1 Å². The number of nitrogens with one attached hydrogen (secondary N) is 1. The van der Waals surface area contributed by atoms with Crippen LogP contribution in [0.5, 0.6) is 5.75 Å². The maximum absolute atomic E-state index is 5.17. The third kappa shape index (κ3) is 3.16. The van der Waals surface area contributed by atoms with E-state index in [1.54, 1.807) is 7.11 Å². The largest absolute Gasteiger partial charge is 0.497 e. The lowest BCUT2D eigenvalue weighted by atomic mass is 10.0. The molecule has 1 aromatic carbocycles. The molecule has 19 heavy (non-hydrogen) atoms. The number of ether oxygens (including phenoxy) is 1. The first kappa shape index (κ1) is 14.1. The van der Waals surface area contributed by atoms with Gasteiger partial charge in [0.05, 0.1) is 29.5 Å². The minimum atomic E-state index is 0.218. The lowest BCUT2D eigenvalue weighted by Crippen LogP contribution is -2.22. The van der Waals surface area contributed by atoms with Gasteiger partial charge in [0.2, 0.25) is 0 Å². The Kier molecular flexibility index (Phi) is 4.61. The second kappa shape index (κ2) is 6.21. The van der Waals surface area contributed by atoms with Crippen molar-refractivity contribution in [1.29, 1.82) is 0 Å². The van der Waals surface area contributed by atoms with Gasteiger partial charge in [-0.25, -0.2) is 0 Å². The van der Waals surface area contributed by atoms with Crippen molar-refractivity contribution < 1.29 is 4.74 Å². The minimum Gasteiger partial charge on any atom is -0.497 e. The highest BCUT2D eigenvalue weighted by atomic mass is 79.9. The maximum Gasteiger partial charge on any atom is 0.118 e. The van der Waals surface area contributed by atoms with E-state index in [9.17, 15) is 0 Å². The average molecular weight is 324 g/mol. The van der Waals surface area contributed by atoms with Gasteiger partial charge in [0, 0.05) is 7.05 Å². The van der Waals surface area contributed by atoms with E-state index < -0.39 is 0 Å². The lowest BCUT2D eigenvalue weighted by molar-refractivity contribution is 0.414. The second-order valence-corrected chi connectivity index (χ2v) is 5.25. The van der Waals surface area contributed by atoms with Gasteiger partial charge in [0.15, 0.2) is 0 Å². The van der Waals surface area contributed by atoms with E-state index >= 15 is 0 Å². The third-order valence-electron chi connectivity index (χ3n) is 3.22. The van der Waals surface area contributed by atoms with Gasteiger partial charge in [-0.15, -0.1) is 0 Å². The number of aryl methyl sites for hydroxylation is 1. The first-order chi connectivity index (χ1) is 9.15. The Hall–Kier alpha value is -1.33. The van der Waals surface area contributed by atoms with Crippen LogP contribution in [0.3, 0.4) is 0 Å². The Labute approximate surface area is 121 Å². The zero-order chi connectivity index (χ0) is 13.8. The maximum atomic E-state index is 5.17. The fourth-order valence-corrected chi connectivity index (χ4v) is 2.77. The van der Waals surface area contributed by atoms with Crippen molar-refractivity contribution in [3.63, 3.8) is 0 Å². The summed E-state index contributed by atoms with van der Waals surface area (Å²) in [7, 11) is 5.60. The van der Waals surface area contributed by atoms with Crippen LogP contribution in [0.25, 0.3) is 0 Å². The van der Waals surface area contributed by atoms with E-state index in [0.717, 1.165) is 22.3 Å². The highest BCUT2D eigenvalue weighted by Crippen LogP contribution is 2.25. The number of hydrogen-bond donors (Lipinski definition) is 1. The van der Waals surface area contributed by atoms with Gasteiger partial charge >= 0.3 is 0 Å². The fraction of sp³-hybridized carbons (Fsp3) is 0.357. The van der Waals surface area contributed by atoms with Crippen molar-refractivity contribution in [2.45, 2.75) is 12.5 Å². The molecule has 102 valence electrons. The molecule has 0 radical (unpaired) electrons. The van der Waals surface area contributed by atoms with Crippen molar-refractivity contribution in [2.75, 3.05) is 14.2 Å². The Morgan fingerprint density at radius 1 is 1.37 bits per heavy atom. The van der Waals surface area contributed by atoms with Crippen molar-refractivity contribution in [1.82, 2.24) is 15.1 Å². The molecular formula is C14H18BrN3O. The summed E-state index contributed by atoms with van der Waals surface area (Å²) in [6, 6.07) is 8.37. The minimum absolute atomic E-state index is 0.218. The SMILES string of the molecule is CNC(Cc1ccc(OC)cc1)c1c(Br)cnn1C. The number of rotatable bonds is 5. The van der Waals surface area contributed by atoms with Gasteiger partial charge in [-0.05, 0) is 47.1 Å². The molecule has 1 atom stereocenters. The molecule has 0 fully saturated rings. The van der Waals surface area contributed by atoms with Crippen molar-refractivity contribution in [3.05, 3.63) is 46.2 Å². The van der Waals surface area contributed by atoms with E-state index in [0.29, 0.717) is 0 Å². The van der Waals surface area contributed by atoms with E-state index in [2.05, 4.69) is 38.5 Å². The number of halogens is 1. The number of aromatic nitrogens is 2. The van der Waals surface area contributed by atoms with E-state index in [-0.39, 0.29) is 6.04 Å². The molecule has 0 aliphatic rings. The van der Waals surface area contributed by atoms with E-state index in [4.69, 9.17) is 4.74 Å². The molecule has 1 N–H and O–H groups in total. The van der Waals surface area contributed by atoms with Crippen LogP contribution in [0.15, 0.2) is 34.9 Å². The molecule has 0 amide bonds. The van der Waals surface area contributed by atoms with Crippen LogP contribution >= 0.6 is 15.9 Å². The van der Waals surface area contributed by atoms with Gasteiger partial charge in [0.1, 0.15) is 5.75 Å². The number of likely N-dealkylation sites (N-methyl/N-ethyl adjacent to an activating group) is 1. The van der Waals surface area contributed by atoms with Crippen LogP contribution in [0.4, 0.5) is 0 Å². The predicted molar refractivity (Wildman–Crippen MR) is 79.4 cm³/mol. The molecular weight excluding hydrogens is 306 g/mol. The lowest BCUT2D eigenvalue weighted by Gasteiger charge is -2.17. The van der Waals surface area contributed by atoms with E-state index in [1.807, 2.05) is 37.1 Å². The average Bonchev–Trinajstić information content (AvgIpc) is 2.76. The summed E-state index contributed by atoms with van der Waals surface area (Å²) in [6.07, 6.45) is 2.73. The van der Waals surface area contributed by atoms with Crippen molar-refractivity contribution >= 4 is 15.9 Å². The summed E-state index contributed by atoms with van der Waals surface area (Å²) < 4.78 is 8.10. The molecule has 0 saturated carbocycles. The molecule has 4 nitrogen and oxygen atoms in total. The van der Waals surface area contributed by atoms with Crippen molar-refractivity contribution in [2.24, 2.45) is 7.05 Å². The van der Waals surface area contributed by atoms with Crippen LogP contribution in [0.1, 0.15) is 17.3 Å². The molecule has 0 aliphatic heterocycles. The molecule has 5 heteroatoms. The van der Waals surface area contributed by atoms with Crippen LogP contribution in [-0.4, -0.2) is 23.9 Å². The monoisotopic (exact) mass is 323 g/mol. The number of methoxy groups -OCH3 is 1.